The number of hydrazine groups is 1. The summed E-state index contributed by atoms with van der Waals surface area (Å²) in [5.74, 6) is 0.203. The molecule has 0 aliphatic heterocycles. The van der Waals surface area contributed by atoms with Gasteiger partial charge in [-0.05, 0) is 38.2 Å². The highest BCUT2D eigenvalue weighted by Gasteiger charge is 2.03. The fourth-order valence-corrected chi connectivity index (χ4v) is 2.04. The van der Waals surface area contributed by atoms with Gasteiger partial charge in [-0.2, -0.15) is 0 Å². The second-order valence-corrected chi connectivity index (χ2v) is 5.87. The quantitative estimate of drug-likeness (QED) is 0.337. The first kappa shape index (κ1) is 16.5. The third kappa shape index (κ3) is 7.16. The standard InChI is InChI=1S/C14H19N3OS2/c1-10(2)8-15-14(19)17-16-13(18)9-20-12-6-4-11(3)5-7-12/h4-7H,1,8-9H2,2-3H3,(H,16,18)(H2,15,17,19). The maximum Gasteiger partial charge on any atom is 0.248 e. The first-order chi connectivity index (χ1) is 9.47. The summed E-state index contributed by atoms with van der Waals surface area (Å²) in [6.45, 7) is 8.26. The predicted molar refractivity (Wildman–Crippen MR) is 88.6 cm³/mol. The molecule has 0 unspecified atom stereocenters. The molecular formula is C14H19N3OS2. The maximum absolute atomic E-state index is 11.6. The zero-order valence-electron chi connectivity index (χ0n) is 11.7. The molecule has 0 radical (unpaired) electrons. The summed E-state index contributed by atoms with van der Waals surface area (Å²) in [4.78, 5) is 12.7. The Hall–Kier alpha value is -1.53. The molecule has 1 rings (SSSR count). The van der Waals surface area contributed by atoms with Crippen LogP contribution in [0.5, 0.6) is 0 Å². The van der Waals surface area contributed by atoms with Crippen LogP contribution in [0.2, 0.25) is 0 Å². The fraction of sp³-hybridized carbons (Fsp3) is 0.286. The molecule has 1 aromatic carbocycles. The van der Waals surface area contributed by atoms with Crippen molar-refractivity contribution in [2.45, 2.75) is 18.7 Å². The fourth-order valence-electron chi connectivity index (χ4n) is 1.22. The molecule has 0 aliphatic rings. The molecule has 0 saturated heterocycles. The van der Waals surface area contributed by atoms with Crippen molar-refractivity contribution in [3.05, 3.63) is 42.0 Å². The van der Waals surface area contributed by atoms with Crippen molar-refractivity contribution < 1.29 is 4.79 Å². The average molecular weight is 309 g/mol. The largest absolute Gasteiger partial charge is 0.358 e. The molecule has 0 saturated carbocycles. The summed E-state index contributed by atoms with van der Waals surface area (Å²) in [5, 5.41) is 3.29. The van der Waals surface area contributed by atoms with Crippen molar-refractivity contribution in [2.24, 2.45) is 0 Å². The number of benzene rings is 1. The summed E-state index contributed by atoms with van der Waals surface area (Å²) >= 11 is 6.48. The van der Waals surface area contributed by atoms with Gasteiger partial charge in [0.15, 0.2) is 5.11 Å². The monoisotopic (exact) mass is 309 g/mol. The molecule has 6 heteroatoms. The molecule has 3 N–H and O–H groups in total. The van der Waals surface area contributed by atoms with Crippen LogP contribution < -0.4 is 16.2 Å². The highest BCUT2D eigenvalue weighted by atomic mass is 32.2. The van der Waals surface area contributed by atoms with Crippen molar-refractivity contribution in [1.29, 1.82) is 0 Å². The van der Waals surface area contributed by atoms with Crippen molar-refractivity contribution in [2.75, 3.05) is 12.3 Å². The van der Waals surface area contributed by atoms with Gasteiger partial charge in [0.1, 0.15) is 0 Å². The van der Waals surface area contributed by atoms with Gasteiger partial charge in [0.25, 0.3) is 0 Å². The van der Waals surface area contributed by atoms with E-state index < -0.39 is 0 Å². The molecule has 20 heavy (non-hydrogen) atoms. The topological polar surface area (TPSA) is 53.2 Å². The predicted octanol–water partition coefficient (Wildman–Crippen LogP) is 2.16. The van der Waals surface area contributed by atoms with E-state index in [0.29, 0.717) is 17.4 Å². The first-order valence-corrected chi connectivity index (χ1v) is 7.53. The van der Waals surface area contributed by atoms with E-state index >= 15 is 0 Å². The minimum absolute atomic E-state index is 0.130. The smallest absolute Gasteiger partial charge is 0.248 e. The summed E-state index contributed by atoms with van der Waals surface area (Å²) in [6.07, 6.45) is 0. The van der Waals surface area contributed by atoms with Gasteiger partial charge in [-0.25, -0.2) is 0 Å². The van der Waals surface area contributed by atoms with E-state index in [-0.39, 0.29) is 5.91 Å². The molecule has 0 bridgehead atoms. The van der Waals surface area contributed by atoms with Gasteiger partial charge in [0.05, 0.1) is 5.75 Å². The van der Waals surface area contributed by atoms with E-state index in [9.17, 15) is 4.79 Å². The second-order valence-electron chi connectivity index (χ2n) is 4.41. The van der Waals surface area contributed by atoms with Crippen molar-refractivity contribution in [3.63, 3.8) is 0 Å². The van der Waals surface area contributed by atoms with Crippen molar-refractivity contribution in [1.82, 2.24) is 16.2 Å². The SMILES string of the molecule is C=C(C)CNC(=S)NNC(=O)CSc1ccc(C)cc1. The minimum atomic E-state index is -0.130. The lowest BCUT2D eigenvalue weighted by molar-refractivity contribution is -0.119. The van der Waals surface area contributed by atoms with Crippen LogP contribution in [0.25, 0.3) is 0 Å². The maximum atomic E-state index is 11.6. The lowest BCUT2D eigenvalue weighted by Gasteiger charge is -2.11. The molecule has 0 fully saturated rings. The van der Waals surface area contributed by atoms with Gasteiger partial charge in [0, 0.05) is 11.4 Å². The van der Waals surface area contributed by atoms with Gasteiger partial charge in [-0.1, -0.05) is 29.8 Å². The zero-order chi connectivity index (χ0) is 15.0. The van der Waals surface area contributed by atoms with E-state index in [2.05, 4.69) is 22.7 Å². The highest BCUT2D eigenvalue weighted by Crippen LogP contribution is 2.17. The Morgan fingerprint density at radius 3 is 2.55 bits per heavy atom. The Balaban J connectivity index is 2.21. The van der Waals surface area contributed by atoms with Gasteiger partial charge in [0.2, 0.25) is 5.91 Å². The number of aryl methyl sites for hydroxylation is 1. The molecule has 0 aliphatic carbocycles. The molecule has 0 heterocycles. The number of carbonyl (C=O) groups excluding carboxylic acids is 1. The highest BCUT2D eigenvalue weighted by molar-refractivity contribution is 8.00. The van der Waals surface area contributed by atoms with Gasteiger partial charge in [-0.3, -0.25) is 15.6 Å². The van der Waals surface area contributed by atoms with Crippen LogP contribution >= 0.6 is 24.0 Å². The Labute approximate surface area is 129 Å². The summed E-state index contributed by atoms with van der Waals surface area (Å²) < 4.78 is 0. The van der Waals surface area contributed by atoms with Crippen LogP contribution in [0.1, 0.15) is 12.5 Å². The summed E-state index contributed by atoms with van der Waals surface area (Å²) in [6, 6.07) is 8.05. The number of hydrogen-bond donors (Lipinski definition) is 3. The number of hydrogen-bond acceptors (Lipinski definition) is 3. The Kier molecular flexibility index (Phi) is 7.11. The average Bonchev–Trinajstić information content (AvgIpc) is 2.42. The number of amides is 1. The number of nitrogens with one attached hydrogen (secondary N) is 3. The number of carbonyl (C=O) groups is 1. The Bertz CT molecular complexity index is 486. The molecule has 1 aromatic rings. The first-order valence-electron chi connectivity index (χ1n) is 6.14. The third-order valence-electron chi connectivity index (χ3n) is 2.26. The van der Waals surface area contributed by atoms with Crippen LogP contribution in [0.4, 0.5) is 0 Å². The second kappa shape index (κ2) is 8.60. The van der Waals surface area contributed by atoms with E-state index in [1.165, 1.54) is 17.3 Å². The Morgan fingerprint density at radius 1 is 1.30 bits per heavy atom. The number of thioether (sulfide) groups is 1. The van der Waals surface area contributed by atoms with E-state index in [1.807, 2.05) is 38.1 Å². The van der Waals surface area contributed by atoms with Crippen LogP contribution in [-0.2, 0) is 4.79 Å². The van der Waals surface area contributed by atoms with E-state index in [4.69, 9.17) is 12.2 Å². The normalized spacial score (nSPS) is 9.70. The molecular weight excluding hydrogens is 290 g/mol. The summed E-state index contributed by atoms with van der Waals surface area (Å²) in [5.41, 5.74) is 7.37. The number of rotatable bonds is 5. The van der Waals surface area contributed by atoms with Crippen molar-refractivity contribution >= 4 is 35.0 Å². The lowest BCUT2D eigenvalue weighted by atomic mass is 10.2. The minimum Gasteiger partial charge on any atom is -0.358 e. The lowest BCUT2D eigenvalue weighted by Crippen LogP contribution is -2.47. The number of thiocarbonyl (C=S) groups is 1. The summed E-state index contributed by atoms with van der Waals surface area (Å²) in [7, 11) is 0. The zero-order valence-corrected chi connectivity index (χ0v) is 13.3. The Morgan fingerprint density at radius 2 is 1.95 bits per heavy atom. The van der Waals surface area contributed by atoms with Crippen LogP contribution in [0.15, 0.2) is 41.3 Å². The van der Waals surface area contributed by atoms with Crippen molar-refractivity contribution in [3.8, 4) is 0 Å². The molecule has 0 aromatic heterocycles. The van der Waals surface area contributed by atoms with Crippen LogP contribution in [0, 0.1) is 6.92 Å². The molecule has 0 spiro atoms. The van der Waals surface area contributed by atoms with Gasteiger partial charge in [-0.15, -0.1) is 11.8 Å². The molecule has 1 amide bonds. The third-order valence-corrected chi connectivity index (χ3v) is 3.52. The van der Waals surface area contributed by atoms with E-state index in [1.54, 1.807) is 0 Å². The van der Waals surface area contributed by atoms with Crippen LogP contribution in [0.3, 0.4) is 0 Å². The van der Waals surface area contributed by atoms with Gasteiger partial charge < -0.3 is 5.32 Å². The van der Waals surface area contributed by atoms with Gasteiger partial charge >= 0.3 is 0 Å². The van der Waals surface area contributed by atoms with Crippen LogP contribution in [-0.4, -0.2) is 23.3 Å². The molecule has 108 valence electrons. The van der Waals surface area contributed by atoms with E-state index in [0.717, 1.165) is 10.5 Å². The molecule has 0 atom stereocenters. The molecule has 4 nitrogen and oxygen atoms in total.